The second-order valence-electron chi connectivity index (χ2n) is 15.3. The molecule has 2 saturated heterocycles. The Labute approximate surface area is 269 Å². The average molecular weight is 621 g/mol. The Bertz CT molecular complexity index is 1480. The normalized spacial score (nSPS) is 21.8. The first kappa shape index (κ1) is 34.1. The highest BCUT2D eigenvalue weighted by atomic mass is 16.7. The molecule has 3 aromatic rings. The molecule has 0 amide bonds. The molecule has 4 heterocycles. The molecule has 0 bridgehead atoms. The van der Waals surface area contributed by atoms with Gasteiger partial charge in [-0.15, -0.1) is 0 Å². The van der Waals surface area contributed by atoms with Crippen LogP contribution in [0.25, 0.3) is 22.2 Å². The van der Waals surface area contributed by atoms with Crippen LogP contribution in [0.15, 0.2) is 36.5 Å². The summed E-state index contributed by atoms with van der Waals surface area (Å²) in [4.78, 5) is 4.80. The van der Waals surface area contributed by atoms with E-state index in [-0.39, 0.29) is 29.8 Å². The van der Waals surface area contributed by atoms with Crippen molar-refractivity contribution >= 4 is 23.5 Å². The summed E-state index contributed by atoms with van der Waals surface area (Å²) in [7, 11) is 1.24. The van der Waals surface area contributed by atoms with Gasteiger partial charge in [-0.1, -0.05) is 26.0 Å². The zero-order valence-corrected chi connectivity index (χ0v) is 29.0. The zero-order valence-electron chi connectivity index (χ0n) is 29.0. The Hall–Kier alpha value is -2.27. The first-order valence-corrected chi connectivity index (χ1v) is 16.4. The van der Waals surface area contributed by atoms with Gasteiger partial charge < -0.3 is 33.2 Å². The molecular formula is C36H53BN2O6. The van der Waals surface area contributed by atoms with Gasteiger partial charge in [0.05, 0.1) is 47.0 Å². The third-order valence-corrected chi connectivity index (χ3v) is 9.95. The monoisotopic (exact) mass is 620 g/mol. The maximum atomic E-state index is 10.4. The maximum absolute atomic E-state index is 10.4. The first-order valence-electron chi connectivity index (χ1n) is 16.4. The number of pyridine rings is 1. The summed E-state index contributed by atoms with van der Waals surface area (Å²) in [6, 6.07) is 10.6. The van der Waals surface area contributed by atoms with Crippen LogP contribution in [-0.4, -0.2) is 71.6 Å². The molecule has 45 heavy (non-hydrogen) atoms. The molecule has 2 aliphatic rings. The minimum Gasteiger partial charge on any atom is -0.399 e. The maximum Gasteiger partial charge on any atom is 0.494 e. The molecule has 2 fully saturated rings. The third kappa shape index (κ3) is 7.04. The fraction of sp³-hybridized carbons (Fsp3) is 0.639. The van der Waals surface area contributed by atoms with Crippen LogP contribution in [0.3, 0.4) is 0 Å². The molecule has 2 aliphatic heterocycles. The summed E-state index contributed by atoms with van der Waals surface area (Å²) in [5.74, 6) is 0. The van der Waals surface area contributed by atoms with Gasteiger partial charge in [-0.25, -0.2) is 0 Å². The number of methoxy groups -OCH3 is 1. The molecule has 1 unspecified atom stereocenters. The van der Waals surface area contributed by atoms with Crippen molar-refractivity contribution in [2.24, 2.45) is 5.41 Å². The highest BCUT2D eigenvalue weighted by Gasteiger charge is 2.51. The Morgan fingerprint density at radius 1 is 1.11 bits per heavy atom. The van der Waals surface area contributed by atoms with Gasteiger partial charge >= 0.3 is 7.12 Å². The molecule has 246 valence electrons. The van der Waals surface area contributed by atoms with E-state index in [1.54, 1.807) is 7.11 Å². The van der Waals surface area contributed by atoms with Gasteiger partial charge in [0.1, 0.15) is 0 Å². The van der Waals surface area contributed by atoms with Crippen molar-refractivity contribution in [1.29, 1.82) is 0 Å². The fourth-order valence-electron chi connectivity index (χ4n) is 6.50. The molecule has 2 aromatic heterocycles. The van der Waals surface area contributed by atoms with Gasteiger partial charge in [0, 0.05) is 56.0 Å². The van der Waals surface area contributed by atoms with Crippen molar-refractivity contribution in [3.63, 3.8) is 0 Å². The van der Waals surface area contributed by atoms with Gasteiger partial charge in [0.2, 0.25) is 0 Å². The number of aliphatic hydroxyl groups is 1. The van der Waals surface area contributed by atoms with Gasteiger partial charge in [-0.2, -0.15) is 0 Å². The standard InChI is InChI=1S/C36H53BN2O6/c1-24(41-10)31-27(12-11-16-38-31)32-29(22-33(2,3)23-40)28-20-25(37-44-35(6,7)36(8,9)45-37)13-14-30(28)39(32)17-19-42-26-15-18-43-34(4,5)21-26/h11-14,16,20,24,26,40H,15,17-19,21-23H2,1-10H3/t24-,26?/m0/s1. The quantitative estimate of drug-likeness (QED) is 0.254. The lowest BCUT2D eigenvalue weighted by atomic mass is 9.77. The summed E-state index contributed by atoms with van der Waals surface area (Å²) in [5.41, 5.74) is 4.81. The average Bonchev–Trinajstić information content (AvgIpc) is 3.39. The summed E-state index contributed by atoms with van der Waals surface area (Å²) in [6.07, 6.45) is 4.22. The SMILES string of the molecule is CO[C@@H](C)c1ncccc1-c1c(CC(C)(C)CO)c2cc(B3OC(C)(C)C(C)(C)O3)ccc2n1CCOC1CCOC(C)(C)C1. The van der Waals surface area contributed by atoms with E-state index in [1.807, 2.05) is 19.2 Å². The predicted molar refractivity (Wildman–Crippen MR) is 180 cm³/mol. The third-order valence-electron chi connectivity index (χ3n) is 9.95. The van der Waals surface area contributed by atoms with Crippen LogP contribution in [0.4, 0.5) is 0 Å². The number of hydrogen-bond donors (Lipinski definition) is 1. The highest BCUT2D eigenvalue weighted by Crippen LogP contribution is 2.41. The number of aliphatic hydroxyl groups excluding tert-OH is 1. The van der Waals surface area contributed by atoms with Crippen molar-refractivity contribution < 1.29 is 28.6 Å². The molecule has 0 saturated carbocycles. The second kappa shape index (κ2) is 12.7. The van der Waals surface area contributed by atoms with Gasteiger partial charge in [-0.3, -0.25) is 4.98 Å². The number of benzene rings is 1. The van der Waals surface area contributed by atoms with Crippen LogP contribution in [0.1, 0.15) is 92.5 Å². The van der Waals surface area contributed by atoms with E-state index < -0.39 is 18.3 Å². The topological polar surface area (TPSA) is 84.2 Å². The summed E-state index contributed by atoms with van der Waals surface area (Å²) >= 11 is 0. The van der Waals surface area contributed by atoms with Gasteiger partial charge in [0.25, 0.3) is 0 Å². The van der Waals surface area contributed by atoms with Gasteiger partial charge in [-0.05, 0) is 95.9 Å². The molecule has 8 nitrogen and oxygen atoms in total. The Morgan fingerprint density at radius 3 is 2.47 bits per heavy atom. The zero-order chi connectivity index (χ0) is 32.8. The molecular weight excluding hydrogens is 567 g/mol. The number of fused-ring (bicyclic) bond motifs is 1. The van der Waals surface area contributed by atoms with Crippen LogP contribution in [0.2, 0.25) is 0 Å². The van der Waals surface area contributed by atoms with E-state index in [9.17, 15) is 5.11 Å². The van der Waals surface area contributed by atoms with Crippen molar-refractivity contribution in [3.8, 4) is 11.3 Å². The molecule has 0 radical (unpaired) electrons. The molecule has 5 rings (SSSR count). The number of hydrogen-bond acceptors (Lipinski definition) is 7. The van der Waals surface area contributed by atoms with E-state index >= 15 is 0 Å². The van der Waals surface area contributed by atoms with E-state index in [0.717, 1.165) is 51.7 Å². The predicted octanol–water partition coefficient (Wildman–Crippen LogP) is 6.25. The molecule has 0 aliphatic carbocycles. The molecule has 1 aromatic carbocycles. The lowest BCUT2D eigenvalue weighted by Gasteiger charge is -2.35. The van der Waals surface area contributed by atoms with Crippen molar-refractivity contribution in [1.82, 2.24) is 9.55 Å². The van der Waals surface area contributed by atoms with Gasteiger partial charge in [0.15, 0.2) is 0 Å². The lowest BCUT2D eigenvalue weighted by molar-refractivity contribution is -0.116. The van der Waals surface area contributed by atoms with Crippen molar-refractivity contribution in [2.45, 2.75) is 117 Å². The van der Waals surface area contributed by atoms with E-state index in [2.05, 4.69) is 84.2 Å². The van der Waals surface area contributed by atoms with Crippen molar-refractivity contribution in [2.75, 3.05) is 26.9 Å². The van der Waals surface area contributed by atoms with E-state index in [4.69, 9.17) is 28.5 Å². The van der Waals surface area contributed by atoms with E-state index in [0.29, 0.717) is 26.2 Å². The Kier molecular flexibility index (Phi) is 9.65. The summed E-state index contributed by atoms with van der Waals surface area (Å²) in [6.45, 7) is 20.8. The molecule has 1 N–H and O–H groups in total. The molecule has 0 spiro atoms. The smallest absolute Gasteiger partial charge is 0.399 e. The first-order chi connectivity index (χ1) is 21.1. The number of aromatic nitrogens is 2. The Morgan fingerprint density at radius 2 is 1.82 bits per heavy atom. The number of ether oxygens (including phenoxy) is 3. The van der Waals surface area contributed by atoms with E-state index in [1.165, 1.54) is 0 Å². The fourth-order valence-corrected chi connectivity index (χ4v) is 6.50. The highest BCUT2D eigenvalue weighted by molar-refractivity contribution is 6.62. The van der Waals surface area contributed by atoms with Crippen LogP contribution in [-0.2, 0) is 36.5 Å². The summed E-state index contributed by atoms with van der Waals surface area (Å²) < 4.78 is 33.6. The second-order valence-corrected chi connectivity index (χ2v) is 15.3. The van der Waals surface area contributed by atoms with Crippen LogP contribution in [0, 0.1) is 5.41 Å². The minimum atomic E-state index is -0.479. The van der Waals surface area contributed by atoms with Crippen molar-refractivity contribution in [3.05, 3.63) is 47.8 Å². The molecule has 9 heteroatoms. The van der Waals surface area contributed by atoms with Crippen LogP contribution < -0.4 is 5.46 Å². The van der Waals surface area contributed by atoms with Crippen LogP contribution >= 0.6 is 0 Å². The largest absolute Gasteiger partial charge is 0.494 e. The summed E-state index contributed by atoms with van der Waals surface area (Å²) in [5, 5.41) is 11.6. The lowest BCUT2D eigenvalue weighted by Crippen LogP contribution is -2.41. The molecule has 2 atom stereocenters. The minimum absolute atomic E-state index is 0.0625. The Balaban J connectivity index is 1.66. The van der Waals surface area contributed by atoms with Crippen LogP contribution in [0.5, 0.6) is 0 Å². The number of nitrogens with zero attached hydrogens (tertiary/aromatic N) is 2. The number of rotatable bonds is 11.